The van der Waals surface area contributed by atoms with E-state index in [9.17, 15) is 4.39 Å². The first kappa shape index (κ1) is 10.9. The predicted molar refractivity (Wildman–Crippen MR) is 53.4 cm³/mol. The molecule has 13 heavy (non-hydrogen) atoms. The van der Waals surface area contributed by atoms with Crippen molar-refractivity contribution >= 4 is 0 Å². The third-order valence-corrected chi connectivity index (χ3v) is 2.58. The summed E-state index contributed by atoms with van der Waals surface area (Å²) in [4.78, 5) is 0. The van der Waals surface area contributed by atoms with Crippen LogP contribution in [0.3, 0.4) is 0 Å². The monoisotopic (exact) mass is 188 g/mol. The average Bonchev–Trinajstić information content (AvgIpc) is 2.02. The van der Waals surface area contributed by atoms with Crippen LogP contribution in [0.5, 0.6) is 0 Å². The molecule has 1 aliphatic rings. The van der Waals surface area contributed by atoms with Gasteiger partial charge < -0.3 is 11.1 Å². The van der Waals surface area contributed by atoms with E-state index in [0.717, 1.165) is 25.7 Å². The van der Waals surface area contributed by atoms with Gasteiger partial charge in [0, 0.05) is 18.6 Å². The van der Waals surface area contributed by atoms with Crippen LogP contribution < -0.4 is 11.1 Å². The molecule has 1 aliphatic carbocycles. The summed E-state index contributed by atoms with van der Waals surface area (Å²) in [5, 5.41) is 3.25. The molecular weight excluding hydrogens is 167 g/mol. The van der Waals surface area contributed by atoms with E-state index in [1.165, 1.54) is 0 Å². The van der Waals surface area contributed by atoms with Gasteiger partial charge in [0.2, 0.25) is 0 Å². The second kappa shape index (κ2) is 4.38. The molecule has 0 unspecified atom stereocenters. The first-order valence-electron chi connectivity index (χ1n) is 5.15. The van der Waals surface area contributed by atoms with E-state index >= 15 is 0 Å². The van der Waals surface area contributed by atoms with Gasteiger partial charge in [0.1, 0.15) is 5.67 Å². The zero-order chi connectivity index (χ0) is 9.90. The molecule has 1 rings (SSSR count). The van der Waals surface area contributed by atoms with Gasteiger partial charge in [-0.2, -0.15) is 0 Å². The number of hydrogen-bond acceptors (Lipinski definition) is 2. The van der Waals surface area contributed by atoms with Gasteiger partial charge in [0.05, 0.1) is 0 Å². The molecule has 1 fully saturated rings. The molecular formula is C10H21FN2. The second-order valence-corrected chi connectivity index (χ2v) is 4.71. The maximum absolute atomic E-state index is 13.1. The highest BCUT2D eigenvalue weighted by Crippen LogP contribution is 2.17. The number of rotatable bonds is 3. The Labute approximate surface area is 80.1 Å². The maximum atomic E-state index is 13.1. The minimum atomic E-state index is -1.10. The van der Waals surface area contributed by atoms with Crippen LogP contribution in [0.4, 0.5) is 4.39 Å². The van der Waals surface area contributed by atoms with Crippen molar-refractivity contribution in [3.8, 4) is 0 Å². The second-order valence-electron chi connectivity index (χ2n) is 4.71. The summed E-state index contributed by atoms with van der Waals surface area (Å²) in [7, 11) is 0. The highest BCUT2D eigenvalue weighted by molar-refractivity contribution is 4.81. The van der Waals surface area contributed by atoms with E-state index in [2.05, 4.69) is 5.32 Å². The lowest BCUT2D eigenvalue weighted by Gasteiger charge is -2.28. The topological polar surface area (TPSA) is 38.0 Å². The Balaban J connectivity index is 2.16. The summed E-state index contributed by atoms with van der Waals surface area (Å²) in [5.74, 6) is 0. The highest BCUT2D eigenvalue weighted by Gasteiger charge is 2.21. The van der Waals surface area contributed by atoms with Crippen molar-refractivity contribution in [2.24, 2.45) is 5.73 Å². The number of alkyl halides is 1. The Morgan fingerprint density at radius 3 is 2.31 bits per heavy atom. The Kier molecular flexibility index (Phi) is 3.68. The van der Waals surface area contributed by atoms with Crippen molar-refractivity contribution in [3.63, 3.8) is 0 Å². The van der Waals surface area contributed by atoms with E-state index in [-0.39, 0.29) is 0 Å². The molecule has 0 saturated heterocycles. The first-order valence-corrected chi connectivity index (χ1v) is 5.15. The molecule has 0 bridgehead atoms. The quantitative estimate of drug-likeness (QED) is 0.706. The zero-order valence-corrected chi connectivity index (χ0v) is 8.65. The van der Waals surface area contributed by atoms with Crippen molar-refractivity contribution in [3.05, 3.63) is 0 Å². The molecule has 0 aromatic rings. The smallest absolute Gasteiger partial charge is 0.117 e. The lowest BCUT2D eigenvalue weighted by Crippen LogP contribution is -2.42. The molecule has 78 valence electrons. The molecule has 0 radical (unpaired) electrons. The van der Waals surface area contributed by atoms with Gasteiger partial charge >= 0.3 is 0 Å². The minimum absolute atomic E-state index is 0.372. The van der Waals surface area contributed by atoms with Gasteiger partial charge in [-0.05, 0) is 39.5 Å². The average molecular weight is 188 g/mol. The van der Waals surface area contributed by atoms with Crippen molar-refractivity contribution in [1.29, 1.82) is 0 Å². The summed E-state index contributed by atoms with van der Waals surface area (Å²) in [6.45, 7) is 3.66. The fourth-order valence-electron chi connectivity index (χ4n) is 1.71. The number of nitrogens with two attached hydrogens (primary N) is 1. The van der Waals surface area contributed by atoms with Crippen molar-refractivity contribution in [2.75, 3.05) is 6.54 Å². The molecule has 0 aliphatic heterocycles. The van der Waals surface area contributed by atoms with Gasteiger partial charge in [-0.25, -0.2) is 4.39 Å². The van der Waals surface area contributed by atoms with Crippen LogP contribution in [0.25, 0.3) is 0 Å². The van der Waals surface area contributed by atoms with Gasteiger partial charge in [-0.15, -0.1) is 0 Å². The summed E-state index contributed by atoms with van der Waals surface area (Å²) in [6.07, 6.45) is 4.34. The van der Waals surface area contributed by atoms with Crippen LogP contribution in [0.2, 0.25) is 0 Å². The molecule has 0 spiro atoms. The summed E-state index contributed by atoms with van der Waals surface area (Å²) in [5.41, 5.74) is 4.68. The van der Waals surface area contributed by atoms with Crippen molar-refractivity contribution in [2.45, 2.75) is 57.3 Å². The van der Waals surface area contributed by atoms with Crippen LogP contribution in [-0.2, 0) is 0 Å². The van der Waals surface area contributed by atoms with Crippen molar-refractivity contribution in [1.82, 2.24) is 5.32 Å². The summed E-state index contributed by atoms with van der Waals surface area (Å²) in [6, 6.07) is 0.853. The standard InChI is InChI=1S/C10H21FN2/c1-10(2,11)7-13-9-5-3-8(12)4-6-9/h8-9,13H,3-7,12H2,1-2H3. The fraction of sp³-hybridized carbons (Fsp3) is 1.00. The molecule has 2 nitrogen and oxygen atoms in total. The first-order chi connectivity index (χ1) is 5.97. The predicted octanol–water partition coefficient (Wildman–Crippen LogP) is 1.59. The lowest BCUT2D eigenvalue weighted by molar-refractivity contribution is 0.193. The van der Waals surface area contributed by atoms with Crippen LogP contribution in [0, 0.1) is 0 Å². The lowest BCUT2D eigenvalue weighted by atomic mass is 9.91. The normalized spacial score (nSPS) is 30.5. The largest absolute Gasteiger partial charge is 0.328 e. The molecule has 0 aromatic heterocycles. The molecule has 0 atom stereocenters. The summed E-state index contributed by atoms with van der Waals surface area (Å²) >= 11 is 0. The van der Waals surface area contributed by atoms with Crippen LogP contribution in [-0.4, -0.2) is 24.3 Å². The third-order valence-electron chi connectivity index (χ3n) is 2.58. The van der Waals surface area contributed by atoms with Gasteiger partial charge in [0.15, 0.2) is 0 Å². The molecule has 1 saturated carbocycles. The summed E-state index contributed by atoms with van der Waals surface area (Å²) < 4.78 is 13.1. The van der Waals surface area contributed by atoms with Gasteiger partial charge in [-0.3, -0.25) is 0 Å². The number of halogens is 1. The minimum Gasteiger partial charge on any atom is -0.328 e. The number of nitrogens with one attached hydrogen (secondary N) is 1. The van der Waals surface area contributed by atoms with Gasteiger partial charge in [-0.1, -0.05) is 0 Å². The van der Waals surface area contributed by atoms with Crippen LogP contribution >= 0.6 is 0 Å². The Morgan fingerprint density at radius 1 is 1.31 bits per heavy atom. The van der Waals surface area contributed by atoms with E-state index in [4.69, 9.17) is 5.73 Å². The Morgan fingerprint density at radius 2 is 1.85 bits per heavy atom. The number of hydrogen-bond donors (Lipinski definition) is 2. The van der Waals surface area contributed by atoms with E-state index in [1.54, 1.807) is 13.8 Å². The highest BCUT2D eigenvalue weighted by atomic mass is 19.1. The van der Waals surface area contributed by atoms with E-state index in [0.29, 0.717) is 18.6 Å². The molecule has 3 heteroatoms. The Bertz CT molecular complexity index is 145. The Hall–Kier alpha value is -0.150. The fourth-order valence-corrected chi connectivity index (χ4v) is 1.71. The van der Waals surface area contributed by atoms with Crippen LogP contribution in [0.15, 0.2) is 0 Å². The van der Waals surface area contributed by atoms with Gasteiger partial charge in [0.25, 0.3) is 0 Å². The van der Waals surface area contributed by atoms with Crippen molar-refractivity contribution < 1.29 is 4.39 Å². The van der Waals surface area contributed by atoms with E-state index in [1.807, 2.05) is 0 Å². The van der Waals surface area contributed by atoms with Crippen LogP contribution in [0.1, 0.15) is 39.5 Å². The molecule has 3 N–H and O–H groups in total. The zero-order valence-electron chi connectivity index (χ0n) is 8.65. The third kappa shape index (κ3) is 4.58. The van der Waals surface area contributed by atoms with E-state index < -0.39 is 5.67 Å². The molecule has 0 heterocycles. The SMILES string of the molecule is CC(C)(F)CNC1CCC(N)CC1. The molecule has 0 amide bonds. The molecule has 0 aromatic carbocycles. The maximum Gasteiger partial charge on any atom is 0.117 e.